The second kappa shape index (κ2) is 3.41. The highest BCUT2D eigenvalue weighted by atomic mass is 35.5. The lowest BCUT2D eigenvalue weighted by atomic mass is 10.2. The predicted molar refractivity (Wildman–Crippen MR) is 50.1 cm³/mol. The molecule has 1 aromatic heterocycles. The van der Waals surface area contributed by atoms with Gasteiger partial charge in [0.15, 0.2) is 4.34 Å². The third kappa shape index (κ3) is 1.76. The lowest BCUT2D eigenvalue weighted by Gasteiger charge is -1.95. The molecule has 0 unspecified atom stereocenters. The van der Waals surface area contributed by atoms with Crippen molar-refractivity contribution >= 4 is 28.6 Å². The van der Waals surface area contributed by atoms with Crippen molar-refractivity contribution in [2.45, 2.75) is 19.8 Å². The summed E-state index contributed by atoms with van der Waals surface area (Å²) in [4.78, 5) is 10.9. The minimum Gasteiger partial charge on any atom is -0.258 e. The van der Waals surface area contributed by atoms with Crippen LogP contribution in [0.25, 0.3) is 0 Å². The van der Waals surface area contributed by atoms with Gasteiger partial charge in [-0.05, 0) is 5.92 Å². The number of halogens is 1. The van der Waals surface area contributed by atoms with Crippen molar-refractivity contribution in [2.75, 3.05) is 0 Å². The first-order valence-electron chi connectivity index (χ1n) is 3.46. The summed E-state index contributed by atoms with van der Waals surface area (Å²) in [6.07, 6.45) is 0. The number of nitrogens with zero attached hydrogens (tertiary/aromatic N) is 1. The largest absolute Gasteiger partial charge is 0.299 e. The molecule has 0 aliphatic rings. The fraction of sp³-hybridized carbons (Fsp3) is 0.429. The number of nitro groups is 1. The summed E-state index contributed by atoms with van der Waals surface area (Å²) in [7, 11) is 0. The van der Waals surface area contributed by atoms with Crippen molar-refractivity contribution in [3.63, 3.8) is 0 Å². The van der Waals surface area contributed by atoms with E-state index in [0.717, 1.165) is 4.88 Å². The zero-order valence-electron chi connectivity index (χ0n) is 6.70. The molecule has 0 aromatic carbocycles. The summed E-state index contributed by atoms with van der Waals surface area (Å²) in [6, 6.07) is 1.54. The zero-order chi connectivity index (χ0) is 9.30. The first kappa shape index (κ1) is 9.48. The molecular formula is C7H8ClNO2S. The molecular weight excluding hydrogens is 198 g/mol. The van der Waals surface area contributed by atoms with Crippen LogP contribution in [0.2, 0.25) is 4.34 Å². The van der Waals surface area contributed by atoms with Crippen LogP contribution in [0.1, 0.15) is 24.6 Å². The van der Waals surface area contributed by atoms with Crippen LogP contribution in [0.5, 0.6) is 0 Å². The first-order chi connectivity index (χ1) is 5.52. The summed E-state index contributed by atoms with van der Waals surface area (Å²) >= 11 is 6.94. The molecule has 0 spiro atoms. The maximum atomic E-state index is 10.4. The first-order valence-corrected chi connectivity index (χ1v) is 4.65. The molecule has 0 N–H and O–H groups in total. The second-order valence-corrected chi connectivity index (χ2v) is 4.41. The molecule has 0 amide bonds. The summed E-state index contributed by atoms with van der Waals surface area (Å²) in [5, 5.41) is 10.4. The van der Waals surface area contributed by atoms with E-state index < -0.39 is 4.92 Å². The molecule has 1 aromatic rings. The van der Waals surface area contributed by atoms with E-state index in [2.05, 4.69) is 0 Å². The molecule has 5 heteroatoms. The van der Waals surface area contributed by atoms with Crippen molar-refractivity contribution in [3.8, 4) is 0 Å². The van der Waals surface area contributed by atoms with Gasteiger partial charge >= 0.3 is 0 Å². The molecule has 3 nitrogen and oxygen atoms in total. The van der Waals surface area contributed by atoms with Gasteiger partial charge in [-0.3, -0.25) is 10.1 Å². The van der Waals surface area contributed by atoms with Gasteiger partial charge in [0.05, 0.1) is 4.92 Å². The van der Waals surface area contributed by atoms with Gasteiger partial charge in [-0.15, -0.1) is 11.3 Å². The van der Waals surface area contributed by atoms with Crippen LogP contribution in [0.3, 0.4) is 0 Å². The van der Waals surface area contributed by atoms with E-state index in [0.29, 0.717) is 5.92 Å². The fourth-order valence-corrected chi connectivity index (χ4v) is 2.03. The Balaban J connectivity index is 3.09. The normalized spacial score (nSPS) is 10.7. The van der Waals surface area contributed by atoms with Gasteiger partial charge in [0.25, 0.3) is 5.69 Å². The molecule has 0 saturated heterocycles. The molecule has 0 atom stereocenters. The number of hydrogen-bond donors (Lipinski definition) is 0. The highest BCUT2D eigenvalue weighted by molar-refractivity contribution is 7.16. The van der Waals surface area contributed by atoms with Gasteiger partial charge in [-0.2, -0.15) is 0 Å². The van der Waals surface area contributed by atoms with Gasteiger partial charge in [0.2, 0.25) is 0 Å². The standard InChI is InChI=1S/C7H8ClNO2S/c1-4(2)6-3-5(9(10)11)7(8)12-6/h3-4H,1-2H3. The smallest absolute Gasteiger partial charge is 0.258 e. The minimum atomic E-state index is -0.454. The van der Waals surface area contributed by atoms with Crippen molar-refractivity contribution < 1.29 is 4.92 Å². The number of thiophene rings is 1. The molecule has 0 fully saturated rings. The molecule has 0 saturated carbocycles. The number of hydrogen-bond acceptors (Lipinski definition) is 3. The van der Waals surface area contributed by atoms with E-state index in [1.165, 1.54) is 17.4 Å². The van der Waals surface area contributed by atoms with Gasteiger partial charge in [0, 0.05) is 10.9 Å². The Hall–Kier alpha value is -0.610. The summed E-state index contributed by atoms with van der Waals surface area (Å²) < 4.78 is 0.267. The van der Waals surface area contributed by atoms with Crippen molar-refractivity contribution in [1.29, 1.82) is 0 Å². The topological polar surface area (TPSA) is 43.1 Å². The molecule has 0 bridgehead atoms. The SMILES string of the molecule is CC(C)c1cc([N+](=O)[O-])c(Cl)s1. The van der Waals surface area contributed by atoms with E-state index in [9.17, 15) is 10.1 Å². The van der Waals surface area contributed by atoms with E-state index in [4.69, 9.17) is 11.6 Å². The molecule has 0 aliphatic heterocycles. The number of rotatable bonds is 2. The van der Waals surface area contributed by atoms with Gasteiger partial charge in [-0.1, -0.05) is 25.4 Å². The molecule has 0 radical (unpaired) electrons. The van der Waals surface area contributed by atoms with Crippen LogP contribution >= 0.6 is 22.9 Å². The second-order valence-electron chi connectivity index (χ2n) is 2.72. The maximum absolute atomic E-state index is 10.4. The third-order valence-corrected chi connectivity index (χ3v) is 3.09. The Labute approximate surface area is 79.1 Å². The third-order valence-electron chi connectivity index (χ3n) is 1.45. The Morgan fingerprint density at radius 2 is 2.25 bits per heavy atom. The maximum Gasteiger partial charge on any atom is 0.299 e. The van der Waals surface area contributed by atoms with Crippen LogP contribution in [0.4, 0.5) is 5.69 Å². The highest BCUT2D eigenvalue weighted by Crippen LogP contribution is 2.36. The van der Waals surface area contributed by atoms with E-state index in [1.54, 1.807) is 0 Å². The molecule has 12 heavy (non-hydrogen) atoms. The Morgan fingerprint density at radius 1 is 1.67 bits per heavy atom. The van der Waals surface area contributed by atoms with Gasteiger partial charge < -0.3 is 0 Å². The van der Waals surface area contributed by atoms with Crippen molar-refractivity contribution in [1.82, 2.24) is 0 Å². The highest BCUT2D eigenvalue weighted by Gasteiger charge is 2.18. The molecule has 1 rings (SSSR count). The Kier molecular flexibility index (Phi) is 2.69. The summed E-state index contributed by atoms with van der Waals surface area (Å²) in [6.45, 7) is 3.96. The Morgan fingerprint density at radius 3 is 2.50 bits per heavy atom. The van der Waals surface area contributed by atoms with Crippen LogP contribution in [0, 0.1) is 10.1 Å². The molecule has 0 aliphatic carbocycles. The van der Waals surface area contributed by atoms with Crippen LogP contribution in [-0.2, 0) is 0 Å². The predicted octanol–water partition coefficient (Wildman–Crippen LogP) is 3.43. The monoisotopic (exact) mass is 205 g/mol. The van der Waals surface area contributed by atoms with Crippen LogP contribution in [0.15, 0.2) is 6.07 Å². The van der Waals surface area contributed by atoms with E-state index in [-0.39, 0.29) is 10.0 Å². The van der Waals surface area contributed by atoms with Gasteiger partial charge in [-0.25, -0.2) is 0 Å². The molecule has 1 heterocycles. The average Bonchev–Trinajstić information content (AvgIpc) is 2.30. The average molecular weight is 206 g/mol. The quantitative estimate of drug-likeness (QED) is 0.548. The van der Waals surface area contributed by atoms with Crippen LogP contribution < -0.4 is 0 Å². The summed E-state index contributed by atoms with van der Waals surface area (Å²) in [5.41, 5.74) is 0.0189. The lowest BCUT2D eigenvalue weighted by Crippen LogP contribution is -1.85. The minimum absolute atomic E-state index is 0.0189. The van der Waals surface area contributed by atoms with Gasteiger partial charge in [0.1, 0.15) is 0 Å². The fourth-order valence-electron chi connectivity index (χ4n) is 0.786. The van der Waals surface area contributed by atoms with E-state index >= 15 is 0 Å². The Bertz CT molecular complexity index is 308. The molecule has 66 valence electrons. The van der Waals surface area contributed by atoms with Crippen molar-refractivity contribution in [3.05, 3.63) is 25.4 Å². The summed E-state index contributed by atoms with van der Waals surface area (Å²) in [5.74, 6) is 0.293. The van der Waals surface area contributed by atoms with E-state index in [1.807, 2.05) is 13.8 Å². The van der Waals surface area contributed by atoms with Crippen molar-refractivity contribution in [2.24, 2.45) is 0 Å². The zero-order valence-corrected chi connectivity index (χ0v) is 8.28. The lowest BCUT2D eigenvalue weighted by molar-refractivity contribution is -0.384. The van der Waals surface area contributed by atoms with Crippen LogP contribution in [-0.4, -0.2) is 4.92 Å².